The first kappa shape index (κ1) is 16.4. The van der Waals surface area contributed by atoms with Crippen LogP contribution < -0.4 is 5.32 Å². The molecule has 136 valence electrons. The second-order valence-corrected chi connectivity index (χ2v) is 9.03. The number of nitrogens with one attached hydrogen (secondary N) is 1. The fourth-order valence-electron chi connectivity index (χ4n) is 5.33. The van der Waals surface area contributed by atoms with Crippen LogP contribution in [0.1, 0.15) is 44.2 Å². The van der Waals surface area contributed by atoms with Crippen molar-refractivity contribution in [3.63, 3.8) is 0 Å². The van der Waals surface area contributed by atoms with Crippen molar-refractivity contribution in [2.75, 3.05) is 18.4 Å². The zero-order chi connectivity index (χ0) is 17.7. The van der Waals surface area contributed by atoms with Gasteiger partial charge in [0.25, 0.3) is 0 Å². The van der Waals surface area contributed by atoms with E-state index in [1.807, 2.05) is 0 Å². The van der Waals surface area contributed by atoms with Gasteiger partial charge in [-0.3, -0.25) is 4.90 Å². The maximum absolute atomic E-state index is 3.59. The third kappa shape index (κ3) is 2.75. The fraction of sp³-hybridized carbons (Fsp3) is 0.500. The number of hydrogen-bond acceptors (Lipinski definition) is 2. The lowest BCUT2D eigenvalue weighted by Gasteiger charge is -2.55. The Morgan fingerprint density at radius 3 is 2.65 bits per heavy atom. The van der Waals surface area contributed by atoms with Crippen LogP contribution in [-0.2, 0) is 11.8 Å². The van der Waals surface area contributed by atoms with E-state index < -0.39 is 0 Å². The summed E-state index contributed by atoms with van der Waals surface area (Å²) in [6, 6.07) is 18.3. The Bertz CT molecular complexity index is 795. The van der Waals surface area contributed by atoms with Crippen LogP contribution in [-0.4, -0.2) is 24.0 Å². The summed E-state index contributed by atoms with van der Waals surface area (Å²) in [6.07, 6.45) is 5.43. The second kappa shape index (κ2) is 6.13. The van der Waals surface area contributed by atoms with Crippen molar-refractivity contribution in [3.05, 3.63) is 59.7 Å². The Morgan fingerprint density at radius 2 is 1.88 bits per heavy atom. The van der Waals surface area contributed by atoms with Gasteiger partial charge in [0.05, 0.1) is 0 Å². The quantitative estimate of drug-likeness (QED) is 0.801. The number of hydrogen-bond donors (Lipinski definition) is 1. The van der Waals surface area contributed by atoms with Gasteiger partial charge < -0.3 is 5.32 Å². The number of nitrogens with zero attached hydrogens (tertiary/aromatic N) is 1. The van der Waals surface area contributed by atoms with Crippen LogP contribution in [0, 0.1) is 11.8 Å². The van der Waals surface area contributed by atoms with Crippen LogP contribution in [0.2, 0.25) is 0 Å². The summed E-state index contributed by atoms with van der Waals surface area (Å²) in [5.74, 6) is 1.72. The normalized spacial score (nSPS) is 30.7. The Labute approximate surface area is 157 Å². The minimum absolute atomic E-state index is 0.312. The number of fused-ring (bicyclic) bond motifs is 4. The summed E-state index contributed by atoms with van der Waals surface area (Å²) in [5, 5.41) is 3.59. The summed E-state index contributed by atoms with van der Waals surface area (Å²) in [4.78, 5) is 2.82. The van der Waals surface area contributed by atoms with Gasteiger partial charge in [0.2, 0.25) is 0 Å². The molecule has 0 spiro atoms. The Morgan fingerprint density at radius 1 is 1.08 bits per heavy atom. The number of rotatable bonds is 4. The summed E-state index contributed by atoms with van der Waals surface area (Å²) in [7, 11) is 0. The smallest absolute Gasteiger partial charge is 0.0387 e. The molecule has 26 heavy (non-hydrogen) atoms. The van der Waals surface area contributed by atoms with Crippen molar-refractivity contribution in [2.45, 2.75) is 51.0 Å². The van der Waals surface area contributed by atoms with E-state index in [4.69, 9.17) is 0 Å². The zero-order valence-electron chi connectivity index (χ0n) is 16.0. The van der Waals surface area contributed by atoms with E-state index in [1.54, 1.807) is 11.1 Å². The van der Waals surface area contributed by atoms with Crippen molar-refractivity contribution in [3.8, 4) is 0 Å². The lowest BCUT2D eigenvalue weighted by Crippen LogP contribution is -2.58. The highest BCUT2D eigenvalue weighted by molar-refractivity contribution is 5.62. The van der Waals surface area contributed by atoms with Gasteiger partial charge in [-0.1, -0.05) is 38.1 Å². The molecule has 5 rings (SSSR count). The van der Waals surface area contributed by atoms with Crippen molar-refractivity contribution in [1.82, 2.24) is 4.90 Å². The summed E-state index contributed by atoms with van der Waals surface area (Å²) >= 11 is 0. The molecule has 0 unspecified atom stereocenters. The van der Waals surface area contributed by atoms with Crippen LogP contribution in [0.3, 0.4) is 0 Å². The molecule has 0 amide bonds. The molecule has 3 atom stereocenters. The second-order valence-electron chi connectivity index (χ2n) is 9.03. The van der Waals surface area contributed by atoms with Crippen molar-refractivity contribution in [1.29, 1.82) is 0 Å². The Hall–Kier alpha value is -1.80. The first-order valence-corrected chi connectivity index (χ1v) is 10.3. The number of para-hydroxylation sites is 1. The molecule has 1 saturated heterocycles. The Balaban J connectivity index is 1.45. The minimum atomic E-state index is 0.312. The largest absolute Gasteiger partial charge is 0.356 e. The summed E-state index contributed by atoms with van der Waals surface area (Å²) < 4.78 is 0. The van der Waals surface area contributed by atoms with Gasteiger partial charge in [-0.2, -0.15) is 0 Å². The van der Waals surface area contributed by atoms with E-state index >= 15 is 0 Å². The molecule has 2 nitrogen and oxygen atoms in total. The molecule has 1 aliphatic heterocycles. The average molecular weight is 347 g/mol. The third-order valence-electron chi connectivity index (χ3n) is 7.38. The molecule has 1 N–H and O–H groups in total. The van der Waals surface area contributed by atoms with E-state index in [0.29, 0.717) is 5.41 Å². The van der Waals surface area contributed by atoms with E-state index in [-0.39, 0.29) is 0 Å². The maximum Gasteiger partial charge on any atom is 0.0387 e. The topological polar surface area (TPSA) is 15.3 Å². The number of benzene rings is 2. The SMILES string of the molecule is C[C@@H]1[C@@H]2Cc3ccc(Nc4ccccc4)cc3[C@@]1(C)CCN2CC1CC1. The van der Waals surface area contributed by atoms with Gasteiger partial charge >= 0.3 is 0 Å². The third-order valence-corrected chi connectivity index (χ3v) is 7.38. The standard InChI is InChI=1S/C24H30N2/c1-17-23-14-19-10-11-21(25-20-6-4-3-5-7-20)15-22(19)24(17,2)12-13-26(23)16-18-8-9-18/h3-7,10-11,15,17-18,23,25H,8-9,12-14,16H2,1-2H3/t17-,23+,24+/m1/s1. The summed E-state index contributed by atoms with van der Waals surface area (Å²) in [6.45, 7) is 7.64. The van der Waals surface area contributed by atoms with Gasteiger partial charge in [-0.15, -0.1) is 0 Å². The van der Waals surface area contributed by atoms with E-state index in [1.165, 1.54) is 50.1 Å². The molecule has 2 aromatic rings. The van der Waals surface area contributed by atoms with Gasteiger partial charge in [-0.25, -0.2) is 0 Å². The van der Waals surface area contributed by atoms with Crippen LogP contribution in [0.15, 0.2) is 48.5 Å². The van der Waals surface area contributed by atoms with E-state index in [2.05, 4.69) is 72.6 Å². The fourth-order valence-corrected chi connectivity index (χ4v) is 5.33. The van der Waals surface area contributed by atoms with Gasteiger partial charge in [0, 0.05) is 24.0 Å². The highest BCUT2D eigenvalue weighted by Gasteiger charge is 2.48. The average Bonchev–Trinajstić information content (AvgIpc) is 3.46. The molecule has 2 fully saturated rings. The molecule has 2 bridgehead atoms. The predicted molar refractivity (Wildman–Crippen MR) is 109 cm³/mol. The maximum atomic E-state index is 3.59. The van der Waals surface area contributed by atoms with Crippen molar-refractivity contribution < 1.29 is 0 Å². The van der Waals surface area contributed by atoms with E-state index in [0.717, 1.165) is 17.9 Å². The highest BCUT2D eigenvalue weighted by Crippen LogP contribution is 2.50. The van der Waals surface area contributed by atoms with Gasteiger partial charge in [0.15, 0.2) is 0 Å². The number of piperidine rings is 1. The first-order chi connectivity index (χ1) is 12.6. The first-order valence-electron chi connectivity index (χ1n) is 10.3. The molecule has 1 heterocycles. The zero-order valence-corrected chi connectivity index (χ0v) is 16.0. The van der Waals surface area contributed by atoms with Crippen LogP contribution in [0.4, 0.5) is 11.4 Å². The predicted octanol–water partition coefficient (Wildman–Crippen LogP) is 5.36. The minimum Gasteiger partial charge on any atom is -0.356 e. The molecule has 3 aliphatic rings. The molecule has 0 radical (unpaired) electrons. The van der Waals surface area contributed by atoms with Crippen molar-refractivity contribution >= 4 is 11.4 Å². The molecule has 1 saturated carbocycles. The molecule has 0 aromatic heterocycles. The lowest BCUT2D eigenvalue weighted by atomic mass is 9.59. The highest BCUT2D eigenvalue weighted by atomic mass is 15.2. The van der Waals surface area contributed by atoms with Crippen LogP contribution in [0.25, 0.3) is 0 Å². The van der Waals surface area contributed by atoms with Crippen molar-refractivity contribution in [2.24, 2.45) is 11.8 Å². The lowest BCUT2D eigenvalue weighted by molar-refractivity contribution is 0.0284. The Kier molecular flexibility index (Phi) is 3.86. The number of anilines is 2. The molecule has 2 heteroatoms. The van der Waals surface area contributed by atoms with Gasteiger partial charge in [0.1, 0.15) is 0 Å². The van der Waals surface area contributed by atoms with Gasteiger partial charge in [-0.05, 0) is 84.9 Å². The molecular weight excluding hydrogens is 316 g/mol. The molecular formula is C24H30N2. The van der Waals surface area contributed by atoms with Crippen LogP contribution in [0.5, 0.6) is 0 Å². The van der Waals surface area contributed by atoms with E-state index in [9.17, 15) is 0 Å². The molecule has 2 aliphatic carbocycles. The molecule has 2 aromatic carbocycles. The summed E-state index contributed by atoms with van der Waals surface area (Å²) in [5.41, 5.74) is 5.87. The monoisotopic (exact) mass is 346 g/mol. The number of likely N-dealkylation sites (tertiary alicyclic amines) is 1. The van der Waals surface area contributed by atoms with Crippen LogP contribution >= 0.6 is 0 Å².